The summed E-state index contributed by atoms with van der Waals surface area (Å²) < 4.78 is 4.86. The van der Waals surface area contributed by atoms with Crippen LogP contribution in [0.2, 0.25) is 0 Å². The van der Waals surface area contributed by atoms with E-state index in [0.29, 0.717) is 12.3 Å². The molecule has 0 fully saturated rings. The highest BCUT2D eigenvalue weighted by atomic mass is 16.5. The van der Waals surface area contributed by atoms with Crippen LogP contribution in [0.5, 0.6) is 0 Å². The fraction of sp³-hybridized carbons (Fsp3) is 0.500. The van der Waals surface area contributed by atoms with Gasteiger partial charge in [0.15, 0.2) is 6.29 Å². The van der Waals surface area contributed by atoms with Gasteiger partial charge in [-0.15, -0.1) is 0 Å². The van der Waals surface area contributed by atoms with Crippen molar-refractivity contribution in [2.45, 2.75) is 33.6 Å². The van der Waals surface area contributed by atoms with E-state index in [2.05, 4.69) is 4.98 Å². The molecule has 0 aliphatic heterocycles. The molecule has 4 nitrogen and oxygen atoms in total. The fourth-order valence-electron chi connectivity index (χ4n) is 1.77. The summed E-state index contributed by atoms with van der Waals surface area (Å²) in [7, 11) is 0. The van der Waals surface area contributed by atoms with Crippen molar-refractivity contribution in [1.82, 2.24) is 4.98 Å². The van der Waals surface area contributed by atoms with E-state index in [-0.39, 0.29) is 5.97 Å². The number of aromatic nitrogens is 1. The van der Waals surface area contributed by atoms with E-state index in [1.54, 1.807) is 0 Å². The minimum atomic E-state index is -0.254. The average molecular weight is 223 g/mol. The zero-order valence-electron chi connectivity index (χ0n) is 9.92. The van der Waals surface area contributed by atoms with E-state index in [1.807, 2.05) is 13.8 Å². The maximum Gasteiger partial charge on any atom is 0.302 e. The summed E-state index contributed by atoms with van der Waals surface area (Å²) in [6, 6.07) is 0. The van der Waals surface area contributed by atoms with Crippen molar-refractivity contribution in [3.8, 4) is 0 Å². The van der Waals surface area contributed by atoms with Gasteiger partial charge in [-0.1, -0.05) is 0 Å². The number of aromatic amines is 1. The van der Waals surface area contributed by atoms with Crippen molar-refractivity contribution in [2.24, 2.45) is 0 Å². The van der Waals surface area contributed by atoms with Gasteiger partial charge in [-0.3, -0.25) is 9.59 Å². The Balaban J connectivity index is 2.56. The van der Waals surface area contributed by atoms with Gasteiger partial charge in [0.2, 0.25) is 0 Å². The van der Waals surface area contributed by atoms with Crippen molar-refractivity contribution in [3.05, 3.63) is 22.5 Å². The highest BCUT2D eigenvalue weighted by molar-refractivity contribution is 5.75. The first-order valence-electron chi connectivity index (χ1n) is 5.32. The van der Waals surface area contributed by atoms with Crippen LogP contribution in [0.4, 0.5) is 0 Å². The van der Waals surface area contributed by atoms with Crippen LogP contribution in [-0.2, 0) is 16.0 Å². The van der Waals surface area contributed by atoms with Gasteiger partial charge in [-0.2, -0.15) is 0 Å². The van der Waals surface area contributed by atoms with Crippen molar-refractivity contribution in [1.29, 1.82) is 0 Å². The van der Waals surface area contributed by atoms with Crippen LogP contribution in [0.1, 0.15) is 40.7 Å². The average Bonchev–Trinajstić information content (AvgIpc) is 2.50. The number of hydrogen-bond acceptors (Lipinski definition) is 3. The Morgan fingerprint density at radius 1 is 1.44 bits per heavy atom. The maximum atomic E-state index is 10.7. The van der Waals surface area contributed by atoms with Gasteiger partial charge in [0.05, 0.1) is 12.3 Å². The Kier molecular flexibility index (Phi) is 4.28. The molecule has 0 bridgehead atoms. The molecule has 0 atom stereocenters. The monoisotopic (exact) mass is 223 g/mol. The Labute approximate surface area is 95.0 Å². The third-order valence-electron chi connectivity index (χ3n) is 2.63. The largest absolute Gasteiger partial charge is 0.466 e. The van der Waals surface area contributed by atoms with Gasteiger partial charge < -0.3 is 9.72 Å². The van der Waals surface area contributed by atoms with Gasteiger partial charge in [0.1, 0.15) is 0 Å². The summed E-state index contributed by atoms with van der Waals surface area (Å²) in [5.74, 6) is -0.254. The van der Waals surface area contributed by atoms with Crippen molar-refractivity contribution >= 4 is 12.3 Å². The van der Waals surface area contributed by atoms with Gasteiger partial charge in [-0.05, 0) is 37.8 Å². The van der Waals surface area contributed by atoms with Gasteiger partial charge in [-0.25, -0.2) is 0 Å². The van der Waals surface area contributed by atoms with Gasteiger partial charge in [0.25, 0.3) is 0 Å². The number of carbonyl (C=O) groups excluding carboxylic acids is 2. The molecule has 4 heteroatoms. The topological polar surface area (TPSA) is 59.2 Å². The molecule has 0 amide bonds. The van der Waals surface area contributed by atoms with Crippen LogP contribution < -0.4 is 0 Å². The summed E-state index contributed by atoms with van der Waals surface area (Å²) in [6.07, 6.45) is 2.42. The van der Waals surface area contributed by atoms with Crippen LogP contribution in [0.3, 0.4) is 0 Å². The second-order valence-corrected chi connectivity index (χ2v) is 3.83. The van der Waals surface area contributed by atoms with Crippen LogP contribution in [-0.4, -0.2) is 23.8 Å². The zero-order chi connectivity index (χ0) is 12.1. The van der Waals surface area contributed by atoms with E-state index in [0.717, 1.165) is 35.9 Å². The van der Waals surface area contributed by atoms with Crippen LogP contribution >= 0.6 is 0 Å². The quantitative estimate of drug-likeness (QED) is 0.471. The standard InChI is InChI=1S/C12H17NO3/c1-8-11(5-4-6-16-10(3)15)9(2)13-12(8)7-14/h7,13H,4-6H2,1-3H3. The summed E-state index contributed by atoms with van der Waals surface area (Å²) >= 11 is 0. The molecule has 1 N–H and O–H groups in total. The molecule has 0 saturated heterocycles. The Morgan fingerprint density at radius 3 is 2.62 bits per heavy atom. The Bertz CT molecular complexity index is 393. The predicted octanol–water partition coefficient (Wildman–Crippen LogP) is 1.94. The fourth-order valence-corrected chi connectivity index (χ4v) is 1.77. The normalized spacial score (nSPS) is 10.2. The molecule has 1 rings (SSSR count). The summed E-state index contributed by atoms with van der Waals surface area (Å²) in [5.41, 5.74) is 3.80. The smallest absolute Gasteiger partial charge is 0.302 e. The maximum absolute atomic E-state index is 10.7. The van der Waals surface area contributed by atoms with E-state index < -0.39 is 0 Å². The molecule has 0 saturated carbocycles. The van der Waals surface area contributed by atoms with Crippen LogP contribution in [0, 0.1) is 13.8 Å². The Morgan fingerprint density at radius 2 is 2.12 bits per heavy atom. The van der Waals surface area contributed by atoms with Crippen molar-refractivity contribution < 1.29 is 14.3 Å². The molecule has 0 unspecified atom stereocenters. The highest BCUT2D eigenvalue weighted by Gasteiger charge is 2.10. The minimum Gasteiger partial charge on any atom is -0.466 e. The number of hydrogen-bond donors (Lipinski definition) is 1. The van der Waals surface area contributed by atoms with Gasteiger partial charge >= 0.3 is 5.97 Å². The van der Waals surface area contributed by atoms with Crippen LogP contribution in [0.15, 0.2) is 0 Å². The van der Waals surface area contributed by atoms with E-state index >= 15 is 0 Å². The first-order valence-corrected chi connectivity index (χ1v) is 5.32. The number of nitrogens with one attached hydrogen (secondary N) is 1. The second-order valence-electron chi connectivity index (χ2n) is 3.83. The molecule has 1 aromatic heterocycles. The van der Waals surface area contributed by atoms with E-state index in [1.165, 1.54) is 6.92 Å². The van der Waals surface area contributed by atoms with E-state index in [9.17, 15) is 9.59 Å². The molecule has 16 heavy (non-hydrogen) atoms. The number of aryl methyl sites for hydroxylation is 1. The molecular formula is C12H17NO3. The molecule has 0 aromatic carbocycles. The summed E-state index contributed by atoms with van der Waals surface area (Å²) in [5, 5.41) is 0. The number of rotatable bonds is 5. The number of aldehydes is 1. The van der Waals surface area contributed by atoms with Crippen molar-refractivity contribution in [3.63, 3.8) is 0 Å². The first-order chi connectivity index (χ1) is 7.56. The molecule has 0 aliphatic carbocycles. The van der Waals surface area contributed by atoms with Crippen LogP contribution in [0.25, 0.3) is 0 Å². The molecule has 0 radical (unpaired) electrons. The lowest BCUT2D eigenvalue weighted by Gasteiger charge is -2.03. The minimum absolute atomic E-state index is 0.254. The number of esters is 1. The predicted molar refractivity (Wildman–Crippen MR) is 60.6 cm³/mol. The zero-order valence-corrected chi connectivity index (χ0v) is 9.92. The molecular weight excluding hydrogens is 206 g/mol. The molecule has 1 aromatic rings. The molecule has 0 aliphatic rings. The molecule has 1 heterocycles. The molecule has 88 valence electrons. The van der Waals surface area contributed by atoms with Crippen molar-refractivity contribution in [2.75, 3.05) is 6.61 Å². The molecule has 0 spiro atoms. The second kappa shape index (κ2) is 5.49. The lowest BCUT2D eigenvalue weighted by Crippen LogP contribution is -2.02. The van der Waals surface area contributed by atoms with E-state index in [4.69, 9.17) is 4.74 Å². The number of ether oxygens (including phenoxy) is 1. The highest BCUT2D eigenvalue weighted by Crippen LogP contribution is 2.18. The summed E-state index contributed by atoms with van der Waals surface area (Å²) in [6.45, 7) is 5.70. The lowest BCUT2D eigenvalue weighted by atomic mass is 10.1. The number of H-pyrrole nitrogens is 1. The number of carbonyl (C=O) groups is 2. The Hall–Kier alpha value is -1.58. The lowest BCUT2D eigenvalue weighted by molar-refractivity contribution is -0.141. The first kappa shape index (κ1) is 12.5. The summed E-state index contributed by atoms with van der Waals surface area (Å²) in [4.78, 5) is 24.3. The third kappa shape index (κ3) is 2.95. The third-order valence-corrected chi connectivity index (χ3v) is 2.63. The SMILES string of the molecule is CC(=O)OCCCc1c(C)[nH]c(C=O)c1C. The van der Waals surface area contributed by atoms with Gasteiger partial charge in [0, 0.05) is 12.6 Å².